The second-order valence-corrected chi connectivity index (χ2v) is 4.93. The van der Waals surface area contributed by atoms with Gasteiger partial charge in [0.05, 0.1) is 17.8 Å². The number of nitrogens with zero attached hydrogens (tertiary/aromatic N) is 3. The van der Waals surface area contributed by atoms with Crippen molar-refractivity contribution in [2.75, 3.05) is 0 Å². The number of fused-ring (bicyclic) bond motifs is 1. The predicted molar refractivity (Wildman–Crippen MR) is 56.7 cm³/mol. The van der Waals surface area contributed by atoms with E-state index in [0.717, 1.165) is 5.70 Å². The first-order chi connectivity index (χ1) is 6.07. The number of hydrazone groups is 1. The van der Waals surface area contributed by atoms with E-state index >= 15 is 0 Å². The number of allylic oxidation sites excluding steroid dienone is 2. The van der Waals surface area contributed by atoms with Gasteiger partial charge in [-0.15, -0.1) is 0 Å². The molecule has 0 aliphatic carbocycles. The molecule has 0 N–H and O–H groups in total. The molecule has 70 valence electrons. The van der Waals surface area contributed by atoms with Crippen LogP contribution in [0.4, 0.5) is 0 Å². The minimum Gasteiger partial charge on any atom is -0.297 e. The standard InChI is InChI=1S/C9H13N3S/c1-9(2,3)11-7-8-5-4-6-10-12(8)13-11/h4-7H,1-3H3. The molecular weight excluding hydrogens is 182 g/mol. The minimum atomic E-state index is 0.137. The average molecular weight is 195 g/mol. The van der Waals surface area contributed by atoms with Crippen molar-refractivity contribution in [2.24, 2.45) is 5.10 Å². The maximum atomic E-state index is 4.23. The van der Waals surface area contributed by atoms with Crippen LogP contribution in [0.1, 0.15) is 20.8 Å². The topological polar surface area (TPSA) is 18.8 Å². The molecule has 0 saturated heterocycles. The number of rotatable bonds is 0. The summed E-state index contributed by atoms with van der Waals surface area (Å²) in [6, 6.07) is 0. The molecule has 0 fully saturated rings. The maximum Gasteiger partial charge on any atom is 0.0944 e. The predicted octanol–water partition coefficient (Wildman–Crippen LogP) is 2.36. The summed E-state index contributed by atoms with van der Waals surface area (Å²) in [6.07, 6.45) is 7.94. The third-order valence-corrected chi connectivity index (χ3v) is 3.11. The summed E-state index contributed by atoms with van der Waals surface area (Å²) in [6.45, 7) is 6.55. The highest BCUT2D eigenvalue weighted by Gasteiger charge is 2.29. The lowest BCUT2D eigenvalue weighted by Crippen LogP contribution is -2.30. The summed E-state index contributed by atoms with van der Waals surface area (Å²) in [5, 5.41) is 4.23. The van der Waals surface area contributed by atoms with Gasteiger partial charge in [0.15, 0.2) is 0 Å². The Morgan fingerprint density at radius 1 is 1.38 bits per heavy atom. The van der Waals surface area contributed by atoms with Gasteiger partial charge in [-0.1, -0.05) is 0 Å². The van der Waals surface area contributed by atoms with E-state index in [2.05, 4.69) is 42.5 Å². The average Bonchev–Trinajstić information content (AvgIpc) is 2.45. The summed E-state index contributed by atoms with van der Waals surface area (Å²) in [5.74, 6) is 0. The normalized spacial score (nSPS) is 20.7. The smallest absolute Gasteiger partial charge is 0.0944 e. The molecule has 2 rings (SSSR count). The van der Waals surface area contributed by atoms with E-state index in [1.807, 2.05) is 10.5 Å². The number of hydrogen-bond acceptors (Lipinski definition) is 4. The van der Waals surface area contributed by atoms with Gasteiger partial charge in [0.2, 0.25) is 0 Å². The van der Waals surface area contributed by atoms with Gasteiger partial charge in [-0.2, -0.15) is 9.52 Å². The van der Waals surface area contributed by atoms with Crippen LogP contribution in [0.15, 0.2) is 29.2 Å². The molecule has 13 heavy (non-hydrogen) atoms. The van der Waals surface area contributed by atoms with Gasteiger partial charge in [-0.25, -0.2) is 0 Å². The van der Waals surface area contributed by atoms with E-state index in [9.17, 15) is 0 Å². The summed E-state index contributed by atoms with van der Waals surface area (Å²) in [4.78, 5) is 0. The van der Waals surface area contributed by atoms with E-state index in [0.29, 0.717) is 0 Å². The Bertz CT molecular complexity index is 298. The first-order valence-electron chi connectivity index (χ1n) is 4.27. The van der Waals surface area contributed by atoms with Crippen molar-refractivity contribution in [1.82, 2.24) is 8.72 Å². The molecule has 2 aliphatic heterocycles. The largest absolute Gasteiger partial charge is 0.297 e. The maximum absolute atomic E-state index is 4.23. The molecule has 0 atom stereocenters. The Labute approximate surface area is 83.0 Å². The Morgan fingerprint density at radius 3 is 2.77 bits per heavy atom. The Morgan fingerprint density at radius 2 is 2.15 bits per heavy atom. The molecule has 0 unspecified atom stereocenters. The van der Waals surface area contributed by atoms with E-state index in [4.69, 9.17) is 0 Å². The fraction of sp³-hybridized carbons (Fsp3) is 0.444. The lowest BCUT2D eigenvalue weighted by molar-refractivity contribution is 0.350. The highest BCUT2D eigenvalue weighted by molar-refractivity contribution is 7.95. The number of hydrogen-bond donors (Lipinski definition) is 0. The molecular formula is C9H13N3S. The van der Waals surface area contributed by atoms with Crippen LogP contribution < -0.4 is 0 Å². The first-order valence-corrected chi connectivity index (χ1v) is 5.00. The van der Waals surface area contributed by atoms with Crippen molar-refractivity contribution >= 4 is 18.3 Å². The van der Waals surface area contributed by atoms with Crippen LogP contribution in [0.2, 0.25) is 0 Å². The van der Waals surface area contributed by atoms with Crippen LogP contribution >= 0.6 is 12.1 Å². The highest BCUT2D eigenvalue weighted by atomic mass is 32.2. The first kappa shape index (κ1) is 8.69. The Balaban J connectivity index is 2.21. The molecule has 0 spiro atoms. The Hall–Kier alpha value is -0.900. The summed E-state index contributed by atoms with van der Waals surface area (Å²) in [5.41, 5.74) is 1.28. The van der Waals surface area contributed by atoms with Crippen molar-refractivity contribution in [1.29, 1.82) is 0 Å². The third-order valence-electron chi connectivity index (χ3n) is 1.82. The lowest BCUT2D eigenvalue weighted by atomic mass is 10.1. The van der Waals surface area contributed by atoms with Gasteiger partial charge in [0, 0.05) is 18.0 Å². The van der Waals surface area contributed by atoms with Gasteiger partial charge >= 0.3 is 0 Å². The van der Waals surface area contributed by atoms with Gasteiger partial charge < -0.3 is 0 Å². The molecule has 3 nitrogen and oxygen atoms in total. The van der Waals surface area contributed by atoms with Crippen molar-refractivity contribution < 1.29 is 0 Å². The third kappa shape index (κ3) is 1.58. The fourth-order valence-corrected chi connectivity index (χ4v) is 1.94. The van der Waals surface area contributed by atoms with Crippen LogP contribution in [-0.4, -0.2) is 20.5 Å². The van der Waals surface area contributed by atoms with Crippen molar-refractivity contribution in [2.45, 2.75) is 26.3 Å². The van der Waals surface area contributed by atoms with Gasteiger partial charge in [0.25, 0.3) is 0 Å². The van der Waals surface area contributed by atoms with Crippen LogP contribution in [0.3, 0.4) is 0 Å². The van der Waals surface area contributed by atoms with E-state index in [1.165, 1.54) is 0 Å². The highest BCUT2D eigenvalue weighted by Crippen LogP contribution is 2.37. The zero-order chi connectivity index (χ0) is 9.47. The van der Waals surface area contributed by atoms with E-state index in [1.54, 1.807) is 18.3 Å². The molecule has 0 saturated carbocycles. The van der Waals surface area contributed by atoms with Crippen LogP contribution in [0, 0.1) is 0 Å². The molecule has 0 bridgehead atoms. The molecule has 0 radical (unpaired) electrons. The van der Waals surface area contributed by atoms with Crippen molar-refractivity contribution in [3.63, 3.8) is 0 Å². The van der Waals surface area contributed by atoms with Crippen LogP contribution in [0.25, 0.3) is 0 Å². The zero-order valence-electron chi connectivity index (χ0n) is 8.06. The van der Waals surface area contributed by atoms with Crippen LogP contribution in [-0.2, 0) is 0 Å². The molecule has 0 amide bonds. The monoisotopic (exact) mass is 195 g/mol. The minimum absolute atomic E-state index is 0.137. The zero-order valence-corrected chi connectivity index (χ0v) is 8.88. The summed E-state index contributed by atoms with van der Waals surface area (Å²) in [7, 11) is 0. The molecule has 2 heterocycles. The molecule has 2 aliphatic rings. The summed E-state index contributed by atoms with van der Waals surface area (Å²) < 4.78 is 4.13. The van der Waals surface area contributed by atoms with E-state index in [-0.39, 0.29) is 5.54 Å². The molecule has 0 aromatic rings. The second kappa shape index (κ2) is 2.80. The quantitative estimate of drug-likeness (QED) is 0.553. The Kier molecular flexibility index (Phi) is 1.87. The summed E-state index contributed by atoms with van der Waals surface area (Å²) >= 11 is 1.63. The van der Waals surface area contributed by atoms with Crippen LogP contribution in [0.5, 0.6) is 0 Å². The van der Waals surface area contributed by atoms with Crippen molar-refractivity contribution in [3.05, 3.63) is 24.0 Å². The van der Waals surface area contributed by atoms with Gasteiger partial charge in [0.1, 0.15) is 0 Å². The molecule has 4 heteroatoms. The molecule has 0 aromatic carbocycles. The fourth-order valence-electron chi connectivity index (χ4n) is 1.07. The van der Waals surface area contributed by atoms with E-state index < -0.39 is 0 Å². The van der Waals surface area contributed by atoms with Gasteiger partial charge in [-0.3, -0.25) is 4.31 Å². The second-order valence-electron chi connectivity index (χ2n) is 4.03. The lowest BCUT2D eigenvalue weighted by Gasteiger charge is -2.29. The SMILES string of the molecule is CC(C)(C)N1C=C2C=CC=NN2S1. The molecule has 0 aromatic heterocycles. The van der Waals surface area contributed by atoms with Gasteiger partial charge in [-0.05, 0) is 32.9 Å². The van der Waals surface area contributed by atoms with Crippen molar-refractivity contribution in [3.8, 4) is 0 Å².